The zero-order valence-corrected chi connectivity index (χ0v) is 17.0. The molecule has 0 atom stereocenters. The summed E-state index contributed by atoms with van der Waals surface area (Å²) in [7, 11) is 2.14. The smallest absolute Gasteiger partial charge is 0.212 e. The Morgan fingerprint density at radius 3 is 2.17 bits per heavy atom. The number of aromatic nitrogens is 1. The molecule has 0 aliphatic rings. The van der Waals surface area contributed by atoms with Gasteiger partial charge in [0.1, 0.15) is 7.05 Å². The Bertz CT molecular complexity index is 821. The predicted molar refractivity (Wildman–Crippen MR) is 98.9 cm³/mol. The van der Waals surface area contributed by atoms with E-state index in [-0.39, 0.29) is 24.0 Å². The maximum Gasteiger partial charge on any atom is 0.212 e. The van der Waals surface area contributed by atoms with E-state index in [1.165, 1.54) is 33.4 Å². The summed E-state index contributed by atoms with van der Waals surface area (Å²) < 4.78 is 2.28. The fourth-order valence-corrected chi connectivity index (χ4v) is 3.24. The van der Waals surface area contributed by atoms with Gasteiger partial charge in [-0.2, -0.15) is 4.57 Å². The average molecular weight is 432 g/mol. The number of rotatable bonds is 4. The quantitative estimate of drug-likeness (QED) is 0.448. The molecule has 0 radical (unpaired) electrons. The van der Waals surface area contributed by atoms with E-state index in [1.807, 2.05) is 0 Å². The van der Waals surface area contributed by atoms with Crippen molar-refractivity contribution >= 4 is 16.6 Å². The monoisotopic (exact) mass is 432 g/mol. The van der Waals surface area contributed by atoms with Crippen molar-refractivity contribution in [2.75, 3.05) is 18.0 Å². The van der Waals surface area contributed by atoms with E-state index in [1.54, 1.807) is 0 Å². The predicted octanol–water partition coefficient (Wildman–Crippen LogP) is 1.49. The number of anilines is 1. The first kappa shape index (κ1) is 18.7. The molecule has 1 aromatic heterocycles. The summed E-state index contributed by atoms with van der Waals surface area (Å²) in [6.07, 6.45) is 0. The van der Waals surface area contributed by atoms with Crippen LogP contribution in [0.5, 0.6) is 0 Å². The van der Waals surface area contributed by atoms with Crippen LogP contribution in [0.2, 0.25) is 0 Å². The molecule has 1 heterocycles. The molecule has 0 saturated carbocycles. The molecular weight excluding hydrogens is 407 g/mol. The van der Waals surface area contributed by atoms with Gasteiger partial charge in [-0.25, -0.2) is 0 Å². The molecule has 0 spiro atoms. The van der Waals surface area contributed by atoms with E-state index < -0.39 is 0 Å². The summed E-state index contributed by atoms with van der Waals surface area (Å²) >= 11 is 0. The van der Waals surface area contributed by atoms with Crippen LogP contribution in [0, 0.1) is 6.92 Å². The summed E-state index contributed by atoms with van der Waals surface area (Å²) in [5.41, 5.74) is 6.35. The van der Waals surface area contributed by atoms with Crippen molar-refractivity contribution < 1.29 is 28.5 Å². The molecule has 0 fully saturated rings. The Balaban J connectivity index is 0.00000208. The lowest BCUT2D eigenvalue weighted by Crippen LogP contribution is -3.00. The highest BCUT2D eigenvalue weighted by atomic mass is 127. The summed E-state index contributed by atoms with van der Waals surface area (Å²) in [6, 6.07) is 20.0. The highest BCUT2D eigenvalue weighted by Gasteiger charge is 2.14. The van der Waals surface area contributed by atoms with Crippen molar-refractivity contribution in [1.29, 1.82) is 0 Å². The molecule has 0 bridgehead atoms. The van der Waals surface area contributed by atoms with E-state index in [0.717, 1.165) is 13.1 Å². The lowest BCUT2D eigenvalue weighted by molar-refractivity contribution is -0.633. The topological polar surface area (TPSA) is 7.12 Å². The van der Waals surface area contributed by atoms with Gasteiger partial charge in [-0.05, 0) is 57.2 Å². The molecule has 3 aromatic rings. The van der Waals surface area contributed by atoms with Crippen LogP contribution < -0.4 is 33.4 Å². The Hall–Kier alpha value is -1.62. The molecular formula is C21H25IN2. The van der Waals surface area contributed by atoms with Crippen molar-refractivity contribution in [3.05, 3.63) is 60.2 Å². The molecule has 2 aromatic carbocycles. The zero-order chi connectivity index (χ0) is 16.4. The van der Waals surface area contributed by atoms with Crippen LogP contribution in [0.1, 0.15) is 19.4 Å². The number of aryl methyl sites for hydroxylation is 2. The van der Waals surface area contributed by atoms with Crippen LogP contribution in [0.4, 0.5) is 5.69 Å². The van der Waals surface area contributed by atoms with Gasteiger partial charge < -0.3 is 28.9 Å². The molecule has 3 rings (SSSR count). The lowest BCUT2D eigenvalue weighted by Gasteiger charge is -2.20. The van der Waals surface area contributed by atoms with Gasteiger partial charge in [0.2, 0.25) is 11.2 Å². The first-order chi connectivity index (χ1) is 11.1. The lowest BCUT2D eigenvalue weighted by atomic mass is 10.1. The zero-order valence-electron chi connectivity index (χ0n) is 14.9. The number of benzene rings is 2. The Labute approximate surface area is 162 Å². The van der Waals surface area contributed by atoms with Crippen molar-refractivity contribution in [3.8, 4) is 11.3 Å². The highest BCUT2D eigenvalue weighted by Crippen LogP contribution is 2.23. The maximum absolute atomic E-state index is 2.37. The van der Waals surface area contributed by atoms with Crippen LogP contribution in [-0.2, 0) is 7.05 Å². The largest absolute Gasteiger partial charge is 1.00 e. The molecule has 0 N–H and O–H groups in total. The van der Waals surface area contributed by atoms with Gasteiger partial charge in [0, 0.05) is 41.9 Å². The second-order valence-electron chi connectivity index (χ2n) is 6.06. The molecule has 0 unspecified atom stereocenters. The second-order valence-corrected chi connectivity index (χ2v) is 6.06. The van der Waals surface area contributed by atoms with Crippen LogP contribution in [0.3, 0.4) is 0 Å². The van der Waals surface area contributed by atoms with Crippen LogP contribution in [0.25, 0.3) is 22.2 Å². The van der Waals surface area contributed by atoms with Gasteiger partial charge in [-0.1, -0.05) is 11.6 Å². The molecule has 3 heteroatoms. The summed E-state index contributed by atoms with van der Waals surface area (Å²) in [5.74, 6) is 0. The number of pyridine rings is 1. The number of halogens is 1. The van der Waals surface area contributed by atoms with E-state index in [0.29, 0.717) is 0 Å². The molecule has 0 aliphatic heterocycles. The first-order valence-electron chi connectivity index (χ1n) is 8.38. The summed E-state index contributed by atoms with van der Waals surface area (Å²) in [6.45, 7) is 8.61. The van der Waals surface area contributed by atoms with E-state index >= 15 is 0 Å². The van der Waals surface area contributed by atoms with E-state index in [9.17, 15) is 0 Å². The standard InChI is InChI=1S/C21H25N2.HI/c1-5-23(6-2)19-11-8-17(9-12-19)20-14-10-18-15-16(3)7-13-21(18)22(20)4;/h7-15H,5-6H2,1-4H3;1H/q+1;/p-1. The Morgan fingerprint density at radius 1 is 0.875 bits per heavy atom. The Kier molecular flexibility index (Phi) is 6.21. The van der Waals surface area contributed by atoms with Crippen LogP contribution in [-0.4, -0.2) is 13.1 Å². The number of nitrogens with zero attached hydrogens (tertiary/aromatic N) is 2. The van der Waals surface area contributed by atoms with E-state index in [2.05, 4.69) is 91.9 Å². The minimum Gasteiger partial charge on any atom is -1.00 e. The third-order valence-electron chi connectivity index (χ3n) is 4.62. The number of fused-ring (bicyclic) bond motifs is 1. The van der Waals surface area contributed by atoms with Gasteiger partial charge in [0.15, 0.2) is 0 Å². The van der Waals surface area contributed by atoms with E-state index in [4.69, 9.17) is 0 Å². The van der Waals surface area contributed by atoms with Gasteiger partial charge in [0.25, 0.3) is 0 Å². The Morgan fingerprint density at radius 2 is 1.54 bits per heavy atom. The normalized spacial score (nSPS) is 10.5. The molecule has 2 nitrogen and oxygen atoms in total. The summed E-state index contributed by atoms with van der Waals surface area (Å²) in [5, 5.41) is 1.29. The molecule has 0 saturated heterocycles. The fraction of sp³-hybridized carbons (Fsp3) is 0.286. The SMILES string of the molecule is CCN(CC)c1ccc(-c2ccc3cc(C)ccc3[n+]2C)cc1.[I-]. The first-order valence-corrected chi connectivity index (χ1v) is 8.38. The van der Waals surface area contributed by atoms with Crippen molar-refractivity contribution in [2.45, 2.75) is 20.8 Å². The minimum atomic E-state index is 0. The maximum atomic E-state index is 2.37. The van der Waals surface area contributed by atoms with Crippen LogP contribution in [0.15, 0.2) is 54.6 Å². The number of hydrogen-bond acceptors (Lipinski definition) is 1. The molecule has 24 heavy (non-hydrogen) atoms. The van der Waals surface area contributed by atoms with Crippen LogP contribution >= 0.6 is 0 Å². The van der Waals surface area contributed by atoms with Crippen molar-refractivity contribution in [3.63, 3.8) is 0 Å². The fourth-order valence-electron chi connectivity index (χ4n) is 3.24. The molecule has 126 valence electrons. The third kappa shape index (κ3) is 3.56. The molecule has 0 amide bonds. The van der Waals surface area contributed by atoms with Crippen molar-refractivity contribution in [1.82, 2.24) is 0 Å². The summed E-state index contributed by atoms with van der Waals surface area (Å²) in [4.78, 5) is 2.37. The van der Waals surface area contributed by atoms with Gasteiger partial charge in [-0.3, -0.25) is 0 Å². The van der Waals surface area contributed by atoms with Gasteiger partial charge in [-0.15, -0.1) is 0 Å². The highest BCUT2D eigenvalue weighted by molar-refractivity contribution is 5.78. The average Bonchev–Trinajstić information content (AvgIpc) is 2.57. The van der Waals surface area contributed by atoms with Gasteiger partial charge in [0.05, 0.1) is 0 Å². The minimum absolute atomic E-state index is 0. The second kappa shape index (κ2) is 7.97. The molecule has 0 aliphatic carbocycles. The van der Waals surface area contributed by atoms with Gasteiger partial charge >= 0.3 is 0 Å². The third-order valence-corrected chi connectivity index (χ3v) is 4.62. The number of hydrogen-bond donors (Lipinski definition) is 0. The van der Waals surface area contributed by atoms with Crippen molar-refractivity contribution in [2.24, 2.45) is 7.05 Å².